The van der Waals surface area contributed by atoms with Crippen molar-refractivity contribution >= 4 is 21.8 Å². The van der Waals surface area contributed by atoms with E-state index in [-0.39, 0.29) is 30.1 Å². The van der Waals surface area contributed by atoms with E-state index in [0.717, 1.165) is 0 Å². The van der Waals surface area contributed by atoms with Gasteiger partial charge in [-0.3, -0.25) is 9.69 Å². The summed E-state index contributed by atoms with van der Waals surface area (Å²) >= 11 is 0. The zero-order valence-corrected chi connectivity index (χ0v) is 12.6. The second-order valence-corrected chi connectivity index (χ2v) is 7.79. The van der Waals surface area contributed by atoms with E-state index in [9.17, 15) is 18.0 Å². The van der Waals surface area contributed by atoms with E-state index in [1.54, 1.807) is 9.80 Å². The summed E-state index contributed by atoms with van der Waals surface area (Å²) in [7, 11) is -3.01. The summed E-state index contributed by atoms with van der Waals surface area (Å²) in [4.78, 5) is 26.3. The lowest BCUT2D eigenvalue weighted by Crippen LogP contribution is -2.46. The smallest absolute Gasteiger partial charge is 0.317 e. The van der Waals surface area contributed by atoms with Crippen LogP contribution in [0.3, 0.4) is 0 Å². The Bertz CT molecular complexity index is 507. The second-order valence-electron chi connectivity index (χ2n) is 5.56. The Kier molecular flexibility index (Phi) is 5.04. The fourth-order valence-electron chi connectivity index (χ4n) is 2.70. The van der Waals surface area contributed by atoms with Crippen LogP contribution < -0.4 is 5.32 Å². The van der Waals surface area contributed by atoms with Crippen LogP contribution >= 0.6 is 0 Å². The number of amides is 2. The molecule has 2 rings (SSSR count). The summed E-state index contributed by atoms with van der Waals surface area (Å²) in [5, 5.41) is 11.5. The standard InChI is InChI=1S/C12H21N3O5S/c16-11(17)8-14-3-1-4-15(6-5-14)12(18)13-10-2-7-21(19,20)9-10/h10H,1-9H2,(H,13,18)(H,16,17). The molecule has 2 amide bonds. The van der Waals surface area contributed by atoms with E-state index in [1.165, 1.54) is 0 Å². The Balaban J connectivity index is 1.82. The normalized spacial score (nSPS) is 26.3. The summed E-state index contributed by atoms with van der Waals surface area (Å²) < 4.78 is 22.7. The van der Waals surface area contributed by atoms with Crippen LogP contribution in [0.1, 0.15) is 12.8 Å². The van der Waals surface area contributed by atoms with Crippen molar-refractivity contribution in [3.05, 3.63) is 0 Å². The van der Waals surface area contributed by atoms with E-state index in [4.69, 9.17) is 5.11 Å². The first-order chi connectivity index (χ1) is 9.85. The topological polar surface area (TPSA) is 107 Å². The van der Waals surface area contributed by atoms with Crippen LogP contribution in [0.5, 0.6) is 0 Å². The molecule has 0 aliphatic carbocycles. The predicted octanol–water partition coefficient (Wildman–Crippen LogP) is -1.02. The summed E-state index contributed by atoms with van der Waals surface area (Å²) in [5.74, 6) is -0.730. The van der Waals surface area contributed by atoms with Crippen LogP contribution in [0, 0.1) is 0 Å². The molecule has 2 fully saturated rings. The third-order valence-corrected chi connectivity index (χ3v) is 5.56. The van der Waals surface area contributed by atoms with Gasteiger partial charge in [-0.15, -0.1) is 0 Å². The van der Waals surface area contributed by atoms with Crippen molar-refractivity contribution in [3.8, 4) is 0 Å². The van der Waals surface area contributed by atoms with Gasteiger partial charge in [0.25, 0.3) is 0 Å². The summed E-state index contributed by atoms with van der Waals surface area (Å²) in [6.45, 7) is 2.16. The SMILES string of the molecule is O=C(O)CN1CCCN(C(=O)NC2CCS(=O)(=O)C2)CC1. The quantitative estimate of drug-likeness (QED) is 0.689. The highest BCUT2D eigenvalue weighted by Crippen LogP contribution is 2.12. The molecule has 0 aromatic rings. The Morgan fingerprint density at radius 2 is 1.95 bits per heavy atom. The first kappa shape index (κ1) is 16.0. The number of rotatable bonds is 3. The number of aliphatic carboxylic acids is 1. The number of urea groups is 1. The highest BCUT2D eigenvalue weighted by atomic mass is 32.2. The Morgan fingerprint density at radius 1 is 1.19 bits per heavy atom. The fourth-order valence-corrected chi connectivity index (χ4v) is 4.37. The molecule has 2 saturated heterocycles. The third kappa shape index (κ3) is 4.85. The summed E-state index contributed by atoms with van der Waals surface area (Å²) in [5.41, 5.74) is 0. The molecule has 1 unspecified atom stereocenters. The highest BCUT2D eigenvalue weighted by Gasteiger charge is 2.30. The number of carbonyl (C=O) groups is 2. The number of carboxylic acids is 1. The molecule has 0 aromatic heterocycles. The van der Waals surface area contributed by atoms with E-state index < -0.39 is 15.8 Å². The molecule has 9 heteroatoms. The molecule has 1 atom stereocenters. The zero-order valence-electron chi connectivity index (χ0n) is 11.8. The maximum Gasteiger partial charge on any atom is 0.317 e. The van der Waals surface area contributed by atoms with Gasteiger partial charge in [0.1, 0.15) is 0 Å². The first-order valence-corrected chi connectivity index (χ1v) is 8.88. The Labute approximate surface area is 124 Å². The Hall–Kier alpha value is -1.35. The summed E-state index contributed by atoms with van der Waals surface area (Å²) in [6, 6.07) is -0.560. The van der Waals surface area contributed by atoms with Gasteiger partial charge in [0.15, 0.2) is 9.84 Å². The maximum absolute atomic E-state index is 12.1. The van der Waals surface area contributed by atoms with Crippen molar-refractivity contribution in [1.29, 1.82) is 0 Å². The van der Waals surface area contributed by atoms with E-state index in [2.05, 4.69) is 5.32 Å². The van der Waals surface area contributed by atoms with Gasteiger partial charge in [0.2, 0.25) is 0 Å². The molecular weight excluding hydrogens is 298 g/mol. The zero-order chi connectivity index (χ0) is 15.5. The average molecular weight is 319 g/mol. The lowest BCUT2D eigenvalue weighted by Gasteiger charge is -2.23. The number of hydrogen-bond acceptors (Lipinski definition) is 5. The average Bonchev–Trinajstić information content (AvgIpc) is 2.60. The van der Waals surface area contributed by atoms with Gasteiger partial charge >= 0.3 is 12.0 Å². The molecule has 0 spiro atoms. The van der Waals surface area contributed by atoms with Crippen LogP contribution in [0.15, 0.2) is 0 Å². The molecule has 0 bridgehead atoms. The minimum atomic E-state index is -3.01. The van der Waals surface area contributed by atoms with Crippen molar-refractivity contribution in [3.63, 3.8) is 0 Å². The van der Waals surface area contributed by atoms with Gasteiger partial charge in [0, 0.05) is 32.2 Å². The lowest BCUT2D eigenvalue weighted by atomic mass is 10.3. The van der Waals surface area contributed by atoms with E-state index in [0.29, 0.717) is 39.0 Å². The van der Waals surface area contributed by atoms with E-state index in [1.807, 2.05) is 0 Å². The van der Waals surface area contributed by atoms with Crippen molar-refractivity contribution in [1.82, 2.24) is 15.1 Å². The van der Waals surface area contributed by atoms with E-state index >= 15 is 0 Å². The fraction of sp³-hybridized carbons (Fsp3) is 0.833. The number of carboxylic acid groups (broad SMARTS) is 1. The molecule has 2 heterocycles. The Morgan fingerprint density at radius 3 is 2.57 bits per heavy atom. The van der Waals surface area contributed by atoms with Gasteiger partial charge in [0.05, 0.1) is 18.1 Å². The molecule has 2 N–H and O–H groups in total. The highest BCUT2D eigenvalue weighted by molar-refractivity contribution is 7.91. The molecule has 0 aromatic carbocycles. The maximum atomic E-state index is 12.1. The summed E-state index contributed by atoms with van der Waals surface area (Å²) in [6.07, 6.45) is 1.18. The molecule has 8 nitrogen and oxygen atoms in total. The minimum absolute atomic E-state index is 0.0116. The van der Waals surface area contributed by atoms with Crippen LogP contribution in [0.2, 0.25) is 0 Å². The van der Waals surface area contributed by atoms with Gasteiger partial charge in [-0.2, -0.15) is 0 Å². The molecule has 2 aliphatic rings. The van der Waals surface area contributed by atoms with Gasteiger partial charge < -0.3 is 15.3 Å². The first-order valence-electron chi connectivity index (χ1n) is 7.06. The minimum Gasteiger partial charge on any atom is -0.480 e. The number of sulfone groups is 1. The molecule has 2 aliphatic heterocycles. The van der Waals surface area contributed by atoms with Crippen LogP contribution in [0.4, 0.5) is 4.79 Å². The number of nitrogens with zero attached hydrogens (tertiary/aromatic N) is 2. The molecule has 0 saturated carbocycles. The molecular formula is C12H21N3O5S. The number of hydrogen-bond donors (Lipinski definition) is 2. The number of carbonyl (C=O) groups excluding carboxylic acids is 1. The van der Waals surface area contributed by atoms with Crippen molar-refractivity contribution in [2.45, 2.75) is 18.9 Å². The third-order valence-electron chi connectivity index (χ3n) is 3.79. The van der Waals surface area contributed by atoms with Gasteiger partial charge in [-0.1, -0.05) is 0 Å². The molecule has 0 radical (unpaired) electrons. The number of nitrogens with one attached hydrogen (secondary N) is 1. The van der Waals surface area contributed by atoms with Crippen LogP contribution in [-0.2, 0) is 14.6 Å². The van der Waals surface area contributed by atoms with Crippen LogP contribution in [-0.4, -0.2) is 85.6 Å². The lowest BCUT2D eigenvalue weighted by molar-refractivity contribution is -0.138. The largest absolute Gasteiger partial charge is 0.480 e. The van der Waals surface area contributed by atoms with Crippen LogP contribution in [0.25, 0.3) is 0 Å². The molecule has 120 valence electrons. The van der Waals surface area contributed by atoms with Gasteiger partial charge in [-0.25, -0.2) is 13.2 Å². The monoisotopic (exact) mass is 319 g/mol. The predicted molar refractivity (Wildman–Crippen MR) is 75.9 cm³/mol. The van der Waals surface area contributed by atoms with Gasteiger partial charge in [-0.05, 0) is 12.8 Å². The van der Waals surface area contributed by atoms with Crippen molar-refractivity contribution in [2.75, 3.05) is 44.2 Å². The molecule has 21 heavy (non-hydrogen) atoms. The van der Waals surface area contributed by atoms with Crippen molar-refractivity contribution < 1.29 is 23.1 Å². The second kappa shape index (κ2) is 6.61. The van der Waals surface area contributed by atoms with Crippen molar-refractivity contribution in [2.24, 2.45) is 0 Å².